The summed E-state index contributed by atoms with van der Waals surface area (Å²) in [5.41, 5.74) is 1.20. The van der Waals surface area contributed by atoms with E-state index in [1.807, 2.05) is 0 Å². The maximum atomic E-state index is 13.4. The Morgan fingerprint density at radius 1 is 1.24 bits per heavy atom. The van der Waals surface area contributed by atoms with E-state index in [0.29, 0.717) is 16.8 Å². The van der Waals surface area contributed by atoms with Gasteiger partial charge in [0.2, 0.25) is 0 Å². The molecule has 0 radical (unpaired) electrons. The smallest absolute Gasteiger partial charge is 0.407 e. The molecule has 0 unspecified atom stereocenters. The van der Waals surface area contributed by atoms with Crippen molar-refractivity contribution >= 4 is 35.2 Å². The van der Waals surface area contributed by atoms with Crippen molar-refractivity contribution in [2.75, 3.05) is 11.4 Å². The van der Waals surface area contributed by atoms with Crippen molar-refractivity contribution in [1.82, 2.24) is 10.6 Å². The van der Waals surface area contributed by atoms with E-state index in [-0.39, 0.29) is 36.5 Å². The number of nitrogens with one attached hydrogen (secondary N) is 2. The fourth-order valence-electron chi connectivity index (χ4n) is 3.74. The molecule has 2 fully saturated rings. The Hall–Kier alpha value is -3.17. The second-order valence-corrected chi connectivity index (χ2v) is 8.60. The molecular formula is C23H23ClFN3O5. The maximum Gasteiger partial charge on any atom is 0.410 e. The number of hydrogen-bond acceptors (Lipinski definition) is 5. The Labute approximate surface area is 194 Å². The Balaban J connectivity index is 1.37. The average molecular weight is 476 g/mol. The fraction of sp³-hybridized carbons (Fsp3) is 0.348. The van der Waals surface area contributed by atoms with Crippen LogP contribution >= 0.6 is 11.6 Å². The number of amides is 3. The van der Waals surface area contributed by atoms with E-state index < -0.39 is 23.6 Å². The molecule has 33 heavy (non-hydrogen) atoms. The van der Waals surface area contributed by atoms with Gasteiger partial charge in [0, 0.05) is 41.8 Å². The van der Waals surface area contributed by atoms with E-state index in [9.17, 15) is 23.9 Å². The van der Waals surface area contributed by atoms with E-state index in [4.69, 9.17) is 16.3 Å². The van der Waals surface area contributed by atoms with Gasteiger partial charge in [-0.1, -0.05) is 17.7 Å². The number of halogens is 2. The summed E-state index contributed by atoms with van der Waals surface area (Å²) in [5, 5.41) is 16.1. The largest absolute Gasteiger partial charge is 0.410 e. The molecule has 0 spiro atoms. The van der Waals surface area contributed by atoms with Crippen molar-refractivity contribution in [2.45, 2.75) is 44.1 Å². The Morgan fingerprint density at radius 2 is 2.03 bits per heavy atom. The van der Waals surface area contributed by atoms with E-state index in [0.717, 1.165) is 25.3 Å². The van der Waals surface area contributed by atoms with Crippen molar-refractivity contribution in [1.29, 1.82) is 0 Å². The molecule has 1 saturated heterocycles. The van der Waals surface area contributed by atoms with Gasteiger partial charge in [0.05, 0.1) is 0 Å². The van der Waals surface area contributed by atoms with Crippen molar-refractivity contribution < 1.29 is 28.6 Å². The molecule has 3 amide bonds. The highest BCUT2D eigenvalue weighted by atomic mass is 35.5. The number of nitrogens with zero attached hydrogens (tertiary/aromatic N) is 1. The molecule has 0 bridgehead atoms. The number of rotatable bonds is 6. The van der Waals surface area contributed by atoms with Crippen LogP contribution in [0.2, 0.25) is 5.02 Å². The van der Waals surface area contributed by atoms with Gasteiger partial charge in [-0.05, 0) is 61.2 Å². The monoisotopic (exact) mass is 475 g/mol. The van der Waals surface area contributed by atoms with Crippen LogP contribution in [-0.2, 0) is 16.1 Å². The highest BCUT2D eigenvalue weighted by Gasteiger charge is 2.49. The summed E-state index contributed by atoms with van der Waals surface area (Å²) >= 11 is 5.78. The van der Waals surface area contributed by atoms with Crippen LogP contribution in [0.25, 0.3) is 0 Å². The lowest BCUT2D eigenvalue weighted by Gasteiger charge is -2.26. The quantitative estimate of drug-likeness (QED) is 0.556. The van der Waals surface area contributed by atoms with Gasteiger partial charge >= 0.3 is 6.09 Å². The van der Waals surface area contributed by atoms with Gasteiger partial charge in [-0.15, -0.1) is 0 Å². The summed E-state index contributed by atoms with van der Waals surface area (Å²) in [7, 11) is 0. The van der Waals surface area contributed by atoms with Gasteiger partial charge in [-0.25, -0.2) is 9.18 Å². The molecule has 2 aliphatic rings. The predicted molar refractivity (Wildman–Crippen MR) is 118 cm³/mol. The standard InChI is InChI=1S/C23H23ClFN3O5/c24-16-9-14(10-17(25)12-16)13-26-22(31)33-23(32)7-8-28(21(23)30)19-6-1-3-15(11-19)20(29)27-18-4-2-5-18/h1,3,6,9-12,18,32H,2,4-5,7-8,13H2,(H,26,31)(H,27,29)/t23-/m1/s1. The number of carbonyl (C=O) groups is 3. The number of carbonyl (C=O) groups excluding carboxylic acids is 3. The Morgan fingerprint density at radius 3 is 2.73 bits per heavy atom. The number of alkyl carbamates (subject to hydrolysis) is 1. The maximum absolute atomic E-state index is 13.4. The molecule has 1 saturated carbocycles. The molecule has 8 nitrogen and oxygen atoms in total. The van der Waals surface area contributed by atoms with Crippen LogP contribution in [0.1, 0.15) is 41.6 Å². The van der Waals surface area contributed by atoms with Crippen molar-refractivity contribution in [3.8, 4) is 0 Å². The van der Waals surface area contributed by atoms with E-state index >= 15 is 0 Å². The highest BCUT2D eigenvalue weighted by molar-refractivity contribution is 6.30. The lowest BCUT2D eigenvalue weighted by molar-refractivity contribution is -0.175. The number of aliphatic hydroxyl groups is 1. The molecule has 3 N–H and O–H groups in total. The van der Waals surface area contributed by atoms with Gasteiger partial charge in [-0.3, -0.25) is 9.59 Å². The van der Waals surface area contributed by atoms with Crippen LogP contribution in [-0.4, -0.2) is 41.4 Å². The molecule has 2 aromatic carbocycles. The molecule has 174 valence electrons. The van der Waals surface area contributed by atoms with Gasteiger partial charge in [0.25, 0.3) is 17.6 Å². The topological polar surface area (TPSA) is 108 Å². The number of hydrogen-bond donors (Lipinski definition) is 3. The van der Waals surface area contributed by atoms with Crippen molar-refractivity contribution in [2.24, 2.45) is 0 Å². The summed E-state index contributed by atoms with van der Waals surface area (Å²) in [6, 6.07) is 10.5. The summed E-state index contributed by atoms with van der Waals surface area (Å²) in [4.78, 5) is 38.7. The minimum absolute atomic E-state index is 0.0931. The van der Waals surface area contributed by atoms with Crippen molar-refractivity contribution in [3.63, 3.8) is 0 Å². The third kappa shape index (κ3) is 5.26. The highest BCUT2D eigenvalue weighted by Crippen LogP contribution is 2.30. The summed E-state index contributed by atoms with van der Waals surface area (Å²) in [6.07, 6.45) is 1.81. The van der Waals surface area contributed by atoms with Crippen LogP contribution in [0.3, 0.4) is 0 Å². The minimum atomic E-state index is -2.35. The summed E-state index contributed by atoms with van der Waals surface area (Å²) in [5.74, 6) is -3.95. The van der Waals surface area contributed by atoms with Gasteiger partial charge in [0.15, 0.2) is 0 Å². The van der Waals surface area contributed by atoms with E-state index in [2.05, 4.69) is 10.6 Å². The molecule has 1 atom stereocenters. The molecule has 1 aliphatic carbocycles. The van der Waals surface area contributed by atoms with Gasteiger partial charge in [-0.2, -0.15) is 0 Å². The number of ether oxygens (including phenoxy) is 1. The second kappa shape index (κ2) is 9.36. The van der Waals surface area contributed by atoms with Crippen LogP contribution in [0.15, 0.2) is 42.5 Å². The Bertz CT molecular complexity index is 1070. The predicted octanol–water partition coefficient (Wildman–Crippen LogP) is 3.11. The number of anilines is 1. The molecule has 1 aliphatic heterocycles. The summed E-state index contributed by atoms with van der Waals surface area (Å²) < 4.78 is 18.4. The molecular weight excluding hydrogens is 453 g/mol. The molecule has 4 rings (SSSR count). The first-order valence-corrected chi connectivity index (χ1v) is 11.0. The molecule has 2 aromatic rings. The minimum Gasteiger partial charge on any atom is -0.407 e. The Kier molecular flexibility index (Phi) is 6.53. The lowest BCUT2D eigenvalue weighted by Crippen LogP contribution is -2.46. The summed E-state index contributed by atoms with van der Waals surface area (Å²) in [6.45, 7) is -0.0156. The molecule has 0 aromatic heterocycles. The third-order valence-corrected chi connectivity index (χ3v) is 5.95. The average Bonchev–Trinajstić information content (AvgIpc) is 3.02. The first-order valence-electron chi connectivity index (χ1n) is 10.6. The second-order valence-electron chi connectivity index (χ2n) is 8.16. The zero-order valence-corrected chi connectivity index (χ0v) is 18.4. The van der Waals surface area contributed by atoms with E-state index in [1.165, 1.54) is 17.0 Å². The third-order valence-electron chi connectivity index (χ3n) is 5.73. The first-order chi connectivity index (χ1) is 15.7. The molecule has 10 heteroatoms. The van der Waals surface area contributed by atoms with Crippen LogP contribution in [0.5, 0.6) is 0 Å². The van der Waals surface area contributed by atoms with Crippen LogP contribution in [0, 0.1) is 5.82 Å². The van der Waals surface area contributed by atoms with Gasteiger partial charge in [0.1, 0.15) is 5.82 Å². The lowest BCUT2D eigenvalue weighted by atomic mass is 9.93. The SMILES string of the molecule is O=C(NCc1cc(F)cc(Cl)c1)O[C@]1(O)CCN(c2cccc(C(=O)NC3CCC3)c2)C1=O. The molecule has 1 heterocycles. The normalized spacial score (nSPS) is 20.3. The van der Waals surface area contributed by atoms with E-state index in [1.54, 1.807) is 24.3 Å². The number of benzene rings is 2. The fourth-order valence-corrected chi connectivity index (χ4v) is 3.98. The zero-order chi connectivity index (χ0) is 23.6. The van der Waals surface area contributed by atoms with Crippen molar-refractivity contribution in [3.05, 3.63) is 64.4 Å². The first kappa shape index (κ1) is 23.0. The van der Waals surface area contributed by atoms with Crippen LogP contribution in [0.4, 0.5) is 14.9 Å². The zero-order valence-electron chi connectivity index (χ0n) is 17.6. The van der Waals surface area contributed by atoms with Gasteiger partial charge < -0.3 is 25.4 Å². The van der Waals surface area contributed by atoms with Crippen LogP contribution < -0.4 is 15.5 Å².